The quantitative estimate of drug-likeness (QED) is 0.274. The van der Waals surface area contributed by atoms with Crippen LogP contribution in [-0.4, -0.2) is 48.3 Å². The summed E-state index contributed by atoms with van der Waals surface area (Å²) in [4.78, 5) is 13.7. The Balaban J connectivity index is 0.00000336. The Morgan fingerprint density at radius 2 is 1.92 bits per heavy atom. The molecule has 1 aliphatic heterocycles. The number of rotatable bonds is 8. The number of nitrogens with one attached hydrogen (secondary N) is 3. The minimum atomic E-state index is -3.43. The minimum Gasteiger partial charge on any atom is -0.437 e. The first-order chi connectivity index (χ1) is 17.9. The summed E-state index contributed by atoms with van der Waals surface area (Å²) < 4.78 is 33.6. The number of fused-ring (bicyclic) bond motifs is 1. The second-order valence-electron chi connectivity index (χ2n) is 9.03. The Morgan fingerprint density at radius 1 is 1.05 bits per heavy atom. The first kappa shape index (κ1) is 27.6. The van der Waals surface area contributed by atoms with Crippen LogP contribution in [0.1, 0.15) is 25.3 Å². The van der Waals surface area contributed by atoms with Crippen LogP contribution in [0.5, 0.6) is 11.6 Å². The monoisotopic (exact) mass is 554 g/mol. The summed E-state index contributed by atoms with van der Waals surface area (Å²) in [6.07, 6.45) is 5.59. The maximum absolute atomic E-state index is 12.2. The van der Waals surface area contributed by atoms with Crippen LogP contribution in [0.3, 0.4) is 0 Å². The lowest BCUT2D eigenvalue weighted by atomic mass is 10.0. The number of sulfonamides is 1. The largest absolute Gasteiger partial charge is 0.437 e. The van der Waals surface area contributed by atoms with Gasteiger partial charge >= 0.3 is 0 Å². The van der Waals surface area contributed by atoms with Crippen LogP contribution in [0.15, 0.2) is 60.9 Å². The molecule has 9 nitrogen and oxygen atoms in total. The molecule has 0 aliphatic carbocycles. The van der Waals surface area contributed by atoms with Crippen molar-refractivity contribution < 1.29 is 13.2 Å². The highest BCUT2D eigenvalue weighted by Gasteiger charge is 2.18. The lowest BCUT2D eigenvalue weighted by Crippen LogP contribution is -2.38. The van der Waals surface area contributed by atoms with Crippen LogP contribution in [0.25, 0.3) is 22.0 Å². The van der Waals surface area contributed by atoms with Gasteiger partial charge in [-0.05, 0) is 63.1 Å². The third-order valence-corrected chi connectivity index (χ3v) is 7.68. The van der Waals surface area contributed by atoms with E-state index in [1.165, 1.54) is 0 Å². The van der Waals surface area contributed by atoms with Gasteiger partial charge in [-0.15, -0.1) is 12.4 Å². The van der Waals surface area contributed by atoms with Gasteiger partial charge in [0.2, 0.25) is 21.9 Å². The first-order valence-corrected chi connectivity index (χ1v) is 14.0. The van der Waals surface area contributed by atoms with E-state index in [2.05, 4.69) is 25.3 Å². The van der Waals surface area contributed by atoms with Crippen molar-refractivity contribution in [1.29, 1.82) is 0 Å². The van der Waals surface area contributed by atoms with Gasteiger partial charge in [0.1, 0.15) is 5.75 Å². The maximum atomic E-state index is 12.2. The number of benzene rings is 2. The van der Waals surface area contributed by atoms with E-state index in [1.54, 1.807) is 25.4 Å². The highest BCUT2D eigenvalue weighted by atomic mass is 35.5. The third-order valence-electron chi connectivity index (χ3n) is 6.39. The molecule has 38 heavy (non-hydrogen) atoms. The number of pyridine rings is 1. The van der Waals surface area contributed by atoms with Gasteiger partial charge in [-0.2, -0.15) is 0 Å². The molecule has 3 N–H and O–H groups in total. The number of nitrogens with zero attached hydrogens (tertiary/aromatic N) is 3. The Hall–Kier alpha value is -3.47. The summed E-state index contributed by atoms with van der Waals surface area (Å²) in [5.74, 6) is 1.57. The molecule has 1 saturated heterocycles. The number of aryl methyl sites for hydroxylation is 1. The molecular formula is C27H31ClN6O3S. The minimum absolute atomic E-state index is 0. The Bertz CT molecular complexity index is 1530. The molecule has 0 radical (unpaired) electrons. The molecule has 11 heteroatoms. The molecule has 5 rings (SSSR count). The number of anilines is 2. The molecule has 2 aromatic heterocycles. The van der Waals surface area contributed by atoms with E-state index in [9.17, 15) is 8.42 Å². The van der Waals surface area contributed by atoms with Crippen LogP contribution in [-0.2, 0) is 10.0 Å². The molecule has 2 aromatic carbocycles. The molecule has 1 fully saturated rings. The van der Waals surface area contributed by atoms with Crippen LogP contribution in [0, 0.1) is 6.92 Å². The fraction of sp³-hybridized carbons (Fsp3) is 0.296. The summed E-state index contributed by atoms with van der Waals surface area (Å²) in [6, 6.07) is 15.2. The lowest BCUT2D eigenvalue weighted by molar-refractivity contribution is 0.466. The average molecular weight is 555 g/mol. The molecule has 0 spiro atoms. The fourth-order valence-corrected chi connectivity index (χ4v) is 5.06. The Morgan fingerprint density at radius 3 is 2.71 bits per heavy atom. The number of hydrogen-bond donors (Lipinski definition) is 3. The van der Waals surface area contributed by atoms with Gasteiger partial charge < -0.3 is 15.4 Å². The van der Waals surface area contributed by atoms with Crippen molar-refractivity contribution in [2.24, 2.45) is 0 Å². The lowest BCUT2D eigenvalue weighted by Gasteiger charge is -2.23. The van der Waals surface area contributed by atoms with Crippen molar-refractivity contribution in [2.75, 3.05) is 28.9 Å². The standard InChI is InChI=1S/C27H30N6O3S.ClH/c1-3-37(34,35)33-24-10-4-8-21-20(24)12-11-18(2)25(21)36-26-22(9-6-15-29-26)23-13-16-30-27(32-23)31-19-7-5-14-28-17-19;/h4,6,8-13,15-16,19,28,33H,3,5,7,14,17H2,1-2H3,(H,30,31,32);1H. The third kappa shape index (κ3) is 6.15. The van der Waals surface area contributed by atoms with Crippen molar-refractivity contribution >= 4 is 44.8 Å². The second kappa shape index (κ2) is 11.9. The summed E-state index contributed by atoms with van der Waals surface area (Å²) in [5.41, 5.74) is 2.83. The zero-order valence-corrected chi connectivity index (χ0v) is 22.9. The number of ether oxygens (including phenoxy) is 1. The van der Waals surface area contributed by atoms with Crippen molar-refractivity contribution in [2.45, 2.75) is 32.7 Å². The van der Waals surface area contributed by atoms with Crippen molar-refractivity contribution in [3.63, 3.8) is 0 Å². The van der Waals surface area contributed by atoms with E-state index in [1.807, 2.05) is 49.4 Å². The summed E-state index contributed by atoms with van der Waals surface area (Å²) in [5, 5.41) is 8.34. The van der Waals surface area contributed by atoms with Crippen LogP contribution < -0.4 is 20.1 Å². The number of piperidine rings is 1. The van der Waals surface area contributed by atoms with Crippen molar-refractivity contribution in [3.8, 4) is 22.9 Å². The molecule has 1 atom stereocenters. The summed E-state index contributed by atoms with van der Waals surface area (Å²) >= 11 is 0. The van der Waals surface area contributed by atoms with Crippen LogP contribution >= 0.6 is 12.4 Å². The number of halogens is 1. The molecule has 0 bridgehead atoms. The fourth-order valence-electron chi connectivity index (χ4n) is 4.40. The second-order valence-corrected chi connectivity index (χ2v) is 11.0. The highest BCUT2D eigenvalue weighted by molar-refractivity contribution is 7.92. The van der Waals surface area contributed by atoms with Crippen LogP contribution in [0.2, 0.25) is 0 Å². The van der Waals surface area contributed by atoms with Gasteiger partial charge in [-0.25, -0.2) is 23.4 Å². The zero-order chi connectivity index (χ0) is 25.8. The normalized spacial score (nSPS) is 15.5. The average Bonchev–Trinajstić information content (AvgIpc) is 2.91. The van der Waals surface area contributed by atoms with E-state index < -0.39 is 10.0 Å². The Kier molecular flexibility index (Phi) is 8.65. The summed E-state index contributed by atoms with van der Waals surface area (Å²) in [7, 11) is -3.43. The topological polar surface area (TPSA) is 118 Å². The molecular weight excluding hydrogens is 524 g/mol. The van der Waals surface area contributed by atoms with Gasteiger partial charge in [-0.1, -0.05) is 24.3 Å². The number of aromatic nitrogens is 3. The number of hydrogen-bond acceptors (Lipinski definition) is 8. The molecule has 200 valence electrons. The van der Waals surface area contributed by atoms with Gasteiger partial charge in [-0.3, -0.25) is 4.72 Å². The molecule has 0 amide bonds. The van der Waals surface area contributed by atoms with Gasteiger partial charge in [0.25, 0.3) is 0 Å². The molecule has 3 heterocycles. The molecule has 1 unspecified atom stereocenters. The van der Waals surface area contributed by atoms with E-state index >= 15 is 0 Å². The van der Waals surface area contributed by atoms with Crippen molar-refractivity contribution in [3.05, 3.63) is 66.5 Å². The van der Waals surface area contributed by atoms with E-state index in [-0.39, 0.29) is 24.2 Å². The van der Waals surface area contributed by atoms with Gasteiger partial charge in [0, 0.05) is 35.8 Å². The zero-order valence-electron chi connectivity index (χ0n) is 21.3. The predicted octanol–water partition coefficient (Wildman–Crippen LogP) is 5.14. The van der Waals surface area contributed by atoms with Gasteiger partial charge in [0.15, 0.2) is 0 Å². The van der Waals surface area contributed by atoms with E-state index in [0.29, 0.717) is 29.0 Å². The predicted molar refractivity (Wildman–Crippen MR) is 154 cm³/mol. The van der Waals surface area contributed by atoms with E-state index in [4.69, 9.17) is 9.72 Å². The van der Waals surface area contributed by atoms with Crippen molar-refractivity contribution in [1.82, 2.24) is 20.3 Å². The Labute approximate surface area is 228 Å². The smallest absolute Gasteiger partial charge is 0.232 e. The summed E-state index contributed by atoms with van der Waals surface area (Å²) in [6.45, 7) is 5.47. The molecule has 4 aromatic rings. The molecule has 0 saturated carbocycles. The van der Waals surface area contributed by atoms with Crippen LogP contribution in [0.4, 0.5) is 11.6 Å². The van der Waals surface area contributed by atoms with E-state index in [0.717, 1.165) is 47.8 Å². The highest BCUT2D eigenvalue weighted by Crippen LogP contribution is 2.38. The first-order valence-electron chi connectivity index (χ1n) is 12.4. The van der Waals surface area contributed by atoms with Gasteiger partial charge in [0.05, 0.1) is 22.7 Å². The maximum Gasteiger partial charge on any atom is 0.232 e. The SMILES string of the molecule is CCS(=O)(=O)Nc1cccc2c(Oc3ncccc3-c3ccnc(NC4CCCNC4)n3)c(C)ccc12.Cl. The molecule has 1 aliphatic rings.